The second kappa shape index (κ2) is 24.1. The summed E-state index contributed by atoms with van der Waals surface area (Å²) in [5.41, 5.74) is 3.32. The van der Waals surface area contributed by atoms with Crippen molar-refractivity contribution in [3.63, 3.8) is 0 Å². The lowest BCUT2D eigenvalue weighted by molar-refractivity contribution is -0.156. The summed E-state index contributed by atoms with van der Waals surface area (Å²) >= 11 is 1.73. The molecule has 0 amide bonds. The van der Waals surface area contributed by atoms with Crippen LogP contribution in [0.4, 0.5) is 0 Å². The third-order valence-electron chi connectivity index (χ3n) is 12.7. The summed E-state index contributed by atoms with van der Waals surface area (Å²) < 4.78 is 45.4. The first-order chi connectivity index (χ1) is 32.8. The first-order valence-corrected chi connectivity index (χ1v) is 30.9. The first-order valence-electron chi connectivity index (χ1n) is 24.5. The highest BCUT2D eigenvalue weighted by atomic mass is 32.2. The molecule has 1 saturated heterocycles. The van der Waals surface area contributed by atoms with Crippen molar-refractivity contribution in [3.05, 3.63) is 162 Å². The molecule has 0 bridgehead atoms. The Kier molecular flexibility index (Phi) is 18.8. The number of thioether (sulfide) groups is 1. The molecule has 1 heterocycles. The quantitative estimate of drug-likeness (QED) is 0.0275. The molecule has 0 N–H and O–H groups in total. The number of esters is 1. The average Bonchev–Trinajstić information content (AvgIpc) is 3.63. The van der Waals surface area contributed by atoms with E-state index in [1.54, 1.807) is 26.0 Å². The molecular weight excluding hydrogens is 913 g/mol. The number of hydrogen-bond donors (Lipinski definition) is 0. The molecule has 0 aliphatic carbocycles. The molecule has 0 aromatic heterocycles. The second-order valence-corrected chi connectivity index (χ2v) is 32.0. The average molecular weight is 989 g/mol. The summed E-state index contributed by atoms with van der Waals surface area (Å²) in [4.78, 5) is 15.2. The van der Waals surface area contributed by atoms with Gasteiger partial charge in [-0.05, 0) is 122 Å². The first kappa shape index (κ1) is 53.9. The van der Waals surface area contributed by atoms with E-state index in [1.807, 2.05) is 75.4 Å². The van der Waals surface area contributed by atoms with Gasteiger partial charge in [-0.1, -0.05) is 144 Å². The molecule has 69 heavy (non-hydrogen) atoms. The van der Waals surface area contributed by atoms with Gasteiger partial charge in [-0.25, -0.2) is 4.79 Å². The van der Waals surface area contributed by atoms with Gasteiger partial charge in [0.2, 0.25) is 0 Å². The maximum atomic E-state index is 14.1. The highest BCUT2D eigenvalue weighted by Crippen LogP contribution is 2.45. The molecular formula is C58H76O8SSi2. The van der Waals surface area contributed by atoms with E-state index in [1.165, 1.54) is 10.4 Å². The van der Waals surface area contributed by atoms with Crippen LogP contribution in [0.5, 0.6) is 11.5 Å². The Morgan fingerprint density at radius 1 is 0.812 bits per heavy atom. The number of rotatable bonds is 23. The van der Waals surface area contributed by atoms with Gasteiger partial charge in [0.05, 0.1) is 39.1 Å². The summed E-state index contributed by atoms with van der Waals surface area (Å²) in [7, 11) is -0.877. The van der Waals surface area contributed by atoms with E-state index >= 15 is 0 Å². The highest BCUT2D eigenvalue weighted by molar-refractivity contribution is 7.99. The number of aryl methyl sites for hydroxylation is 1. The number of methoxy groups -OCH3 is 2. The van der Waals surface area contributed by atoms with E-state index in [0.717, 1.165) is 33.4 Å². The van der Waals surface area contributed by atoms with Crippen molar-refractivity contribution >= 4 is 44.5 Å². The molecule has 6 rings (SSSR count). The molecule has 5 atom stereocenters. The van der Waals surface area contributed by atoms with Crippen molar-refractivity contribution in [2.75, 3.05) is 20.8 Å². The molecule has 5 aromatic carbocycles. The molecule has 0 spiro atoms. The van der Waals surface area contributed by atoms with Crippen LogP contribution in [0.15, 0.2) is 144 Å². The van der Waals surface area contributed by atoms with Crippen molar-refractivity contribution in [2.24, 2.45) is 0 Å². The fourth-order valence-corrected chi connectivity index (χ4v) is 15.8. The van der Waals surface area contributed by atoms with Gasteiger partial charge in [0, 0.05) is 24.3 Å². The lowest BCUT2D eigenvalue weighted by Crippen LogP contribution is -2.67. The van der Waals surface area contributed by atoms with Crippen LogP contribution >= 0.6 is 11.8 Å². The standard InChI is InChI=1S/C58H76O8SSi2/c1-42-39-46(61-9)40-50(54(42)56(59)62-37-38-68(10,11)12)53(67-47-24-16-13-17-25-47)36-35-52-55(65-58(6,7)64-52)51(63-41-44-31-33-45(60-8)34-32-44)30-22-23-43(2)66-69(57(3,4)5,48-26-18-14-19-27-48)49-28-20-15-21-29-49/h13-22,24-34,39-40,43,51-53,55H,23,35-38,41H2,1-12H3/b30-22-/t43-,51?,52+,53?,55+/m0/s1. The van der Waals surface area contributed by atoms with E-state index in [2.05, 4.69) is 132 Å². The Labute approximate surface area is 419 Å². The van der Waals surface area contributed by atoms with Crippen molar-refractivity contribution in [3.8, 4) is 11.5 Å². The lowest BCUT2D eigenvalue weighted by atomic mass is 9.94. The van der Waals surface area contributed by atoms with Gasteiger partial charge < -0.3 is 32.8 Å². The second-order valence-electron chi connectivity index (χ2n) is 20.9. The smallest absolute Gasteiger partial charge is 0.338 e. The van der Waals surface area contributed by atoms with Gasteiger partial charge in [-0.15, -0.1) is 11.8 Å². The molecule has 0 saturated carbocycles. The predicted molar refractivity (Wildman–Crippen MR) is 288 cm³/mol. The number of benzene rings is 5. The minimum Gasteiger partial charge on any atom is -0.497 e. The highest BCUT2D eigenvalue weighted by Gasteiger charge is 2.51. The van der Waals surface area contributed by atoms with Crippen LogP contribution in [0.2, 0.25) is 30.7 Å². The van der Waals surface area contributed by atoms with Crippen LogP contribution in [0.1, 0.15) is 93.1 Å². The monoisotopic (exact) mass is 988 g/mol. The van der Waals surface area contributed by atoms with Gasteiger partial charge in [0.1, 0.15) is 23.7 Å². The zero-order valence-corrected chi connectivity index (χ0v) is 45.9. The third-order valence-corrected chi connectivity index (χ3v) is 20.9. The molecule has 11 heteroatoms. The molecule has 1 aliphatic rings. The number of ether oxygens (including phenoxy) is 6. The summed E-state index contributed by atoms with van der Waals surface area (Å²) in [5.74, 6) is 0.317. The van der Waals surface area contributed by atoms with E-state index in [9.17, 15) is 4.79 Å². The predicted octanol–water partition coefficient (Wildman–Crippen LogP) is 13.1. The molecule has 8 nitrogen and oxygen atoms in total. The topological polar surface area (TPSA) is 81.7 Å². The number of carbonyl (C=O) groups is 1. The summed E-state index contributed by atoms with van der Waals surface area (Å²) in [6.45, 7) is 22.6. The van der Waals surface area contributed by atoms with E-state index in [4.69, 9.17) is 32.8 Å². The van der Waals surface area contributed by atoms with Gasteiger partial charge in [0.15, 0.2) is 5.79 Å². The molecule has 5 aromatic rings. The Hall–Kier alpha value is -4.47. The molecule has 370 valence electrons. The summed E-state index contributed by atoms with van der Waals surface area (Å²) in [6.07, 6.45) is 4.94. The lowest BCUT2D eigenvalue weighted by Gasteiger charge is -2.44. The Bertz CT molecular complexity index is 2360. The zero-order chi connectivity index (χ0) is 49.8. The van der Waals surface area contributed by atoms with Crippen LogP contribution in [-0.4, -0.2) is 73.4 Å². The maximum Gasteiger partial charge on any atom is 0.338 e. The Morgan fingerprint density at radius 3 is 1.97 bits per heavy atom. The fraction of sp³-hybridized carbons (Fsp3) is 0.431. The SMILES string of the molecule is COc1ccc(COC(/C=C\C[C@H](C)O[Si](c2ccccc2)(c2ccccc2)C(C)(C)C)[C@H]2OC(C)(C)O[C@@H]2CCC(Sc2ccccc2)c2cc(OC)cc(C)c2C(=O)OCC[Si](C)(C)C)cc1. The Morgan fingerprint density at radius 2 is 1.41 bits per heavy atom. The molecule has 0 radical (unpaired) electrons. The van der Waals surface area contributed by atoms with Crippen molar-refractivity contribution in [1.29, 1.82) is 0 Å². The van der Waals surface area contributed by atoms with Gasteiger partial charge in [-0.3, -0.25) is 0 Å². The third kappa shape index (κ3) is 14.6. The number of hydrogen-bond acceptors (Lipinski definition) is 9. The fourth-order valence-electron chi connectivity index (χ4n) is 9.19. The minimum atomic E-state index is -2.78. The largest absolute Gasteiger partial charge is 0.497 e. The zero-order valence-electron chi connectivity index (χ0n) is 43.1. The number of carbonyl (C=O) groups excluding carboxylic acids is 1. The van der Waals surface area contributed by atoms with Gasteiger partial charge >= 0.3 is 5.97 Å². The Balaban J connectivity index is 1.31. The van der Waals surface area contributed by atoms with E-state index in [0.29, 0.717) is 43.8 Å². The van der Waals surface area contributed by atoms with Crippen molar-refractivity contribution in [2.45, 2.75) is 145 Å². The van der Waals surface area contributed by atoms with Crippen LogP contribution in [0.25, 0.3) is 0 Å². The molecule has 2 unspecified atom stereocenters. The van der Waals surface area contributed by atoms with Crippen LogP contribution < -0.4 is 19.8 Å². The van der Waals surface area contributed by atoms with E-state index < -0.39 is 34.4 Å². The van der Waals surface area contributed by atoms with Crippen LogP contribution in [-0.2, 0) is 30.0 Å². The van der Waals surface area contributed by atoms with Crippen molar-refractivity contribution in [1.82, 2.24) is 0 Å². The van der Waals surface area contributed by atoms with Crippen molar-refractivity contribution < 1.29 is 37.6 Å². The van der Waals surface area contributed by atoms with E-state index in [-0.39, 0.29) is 28.5 Å². The maximum absolute atomic E-state index is 14.1. The summed E-state index contributed by atoms with van der Waals surface area (Å²) in [6, 6.07) is 44.7. The minimum absolute atomic E-state index is 0.110. The molecule has 1 fully saturated rings. The van der Waals surface area contributed by atoms with Gasteiger partial charge in [0.25, 0.3) is 8.32 Å². The summed E-state index contributed by atoms with van der Waals surface area (Å²) in [5, 5.41) is 2.20. The normalized spacial score (nSPS) is 17.6. The van der Waals surface area contributed by atoms with Crippen LogP contribution in [0, 0.1) is 6.92 Å². The molecule has 1 aliphatic heterocycles. The van der Waals surface area contributed by atoms with Crippen LogP contribution in [0.3, 0.4) is 0 Å². The van der Waals surface area contributed by atoms with Gasteiger partial charge in [-0.2, -0.15) is 0 Å².